The first-order chi connectivity index (χ1) is 4.85. The van der Waals surface area contributed by atoms with Gasteiger partial charge in [-0.2, -0.15) is 0 Å². The number of rotatable bonds is 2. The third kappa shape index (κ3) is 0.484. The molecule has 10 heavy (non-hydrogen) atoms. The Labute approximate surface area is 62.6 Å². The van der Waals surface area contributed by atoms with Gasteiger partial charge in [0.1, 0.15) is 0 Å². The van der Waals surface area contributed by atoms with Crippen molar-refractivity contribution in [3.8, 4) is 0 Å². The zero-order chi connectivity index (χ0) is 7.19. The van der Waals surface area contributed by atoms with Crippen molar-refractivity contribution in [2.45, 2.75) is 32.6 Å². The van der Waals surface area contributed by atoms with Crippen molar-refractivity contribution in [3.05, 3.63) is 23.8 Å². The van der Waals surface area contributed by atoms with Gasteiger partial charge in [-0.15, -0.1) is 0 Å². The van der Waals surface area contributed by atoms with Gasteiger partial charge in [0, 0.05) is 5.41 Å². The van der Waals surface area contributed by atoms with Gasteiger partial charge < -0.3 is 0 Å². The average molecular weight is 134 g/mol. The number of allylic oxidation sites excluding steroid dienone is 3. The monoisotopic (exact) mass is 134 g/mol. The molecule has 2 aliphatic carbocycles. The molecule has 0 heteroatoms. The molecule has 1 saturated carbocycles. The molecule has 0 aromatic rings. The molecule has 1 atom stereocenters. The van der Waals surface area contributed by atoms with E-state index in [1.54, 1.807) is 11.1 Å². The fourth-order valence-electron chi connectivity index (χ4n) is 2.57. The summed E-state index contributed by atoms with van der Waals surface area (Å²) in [6, 6.07) is 0. The molecule has 2 aliphatic rings. The normalized spacial score (nSPS) is 36.1. The van der Waals surface area contributed by atoms with Crippen LogP contribution in [0.15, 0.2) is 23.8 Å². The molecule has 0 amide bonds. The van der Waals surface area contributed by atoms with E-state index >= 15 is 0 Å². The zero-order valence-corrected chi connectivity index (χ0v) is 6.61. The third-order valence-corrected chi connectivity index (χ3v) is 3.19. The molecule has 2 rings (SSSR count). The fraction of sp³-hybridized carbons (Fsp3) is 0.600. The third-order valence-electron chi connectivity index (χ3n) is 3.19. The predicted molar refractivity (Wildman–Crippen MR) is 43.8 cm³/mol. The Morgan fingerprint density at radius 2 is 2.50 bits per heavy atom. The van der Waals surface area contributed by atoms with Gasteiger partial charge in [-0.25, -0.2) is 0 Å². The summed E-state index contributed by atoms with van der Waals surface area (Å²) in [6.07, 6.45) is 7.55. The highest BCUT2D eigenvalue weighted by atomic mass is 14.6. The van der Waals surface area contributed by atoms with Crippen LogP contribution in [0.1, 0.15) is 32.6 Å². The minimum Gasteiger partial charge on any atom is -0.0988 e. The Morgan fingerprint density at radius 3 is 2.90 bits per heavy atom. The molecule has 1 fully saturated rings. The van der Waals surface area contributed by atoms with E-state index in [-0.39, 0.29) is 0 Å². The highest BCUT2D eigenvalue weighted by molar-refractivity contribution is 5.56. The summed E-state index contributed by atoms with van der Waals surface area (Å²) in [7, 11) is 0. The van der Waals surface area contributed by atoms with Crippen LogP contribution in [-0.2, 0) is 0 Å². The molecule has 0 radical (unpaired) electrons. The van der Waals surface area contributed by atoms with Crippen LogP contribution in [0, 0.1) is 5.41 Å². The van der Waals surface area contributed by atoms with E-state index in [0.29, 0.717) is 5.41 Å². The number of hydrogen-bond acceptors (Lipinski definition) is 0. The highest BCUT2D eigenvalue weighted by Gasteiger charge is 2.52. The second-order valence-electron chi connectivity index (χ2n) is 3.39. The van der Waals surface area contributed by atoms with Gasteiger partial charge in [-0.1, -0.05) is 25.2 Å². The number of fused-ring (bicyclic) bond motifs is 1. The maximum Gasteiger partial charge on any atom is 0.0165 e. The molecular formula is C10H14. The standard InChI is InChI=1S/C10H14/c1-3-8-9-6-5-7-10(8,9)4-2/h3H,1,4-7H2,2H3/t10-/m1/s1. The van der Waals surface area contributed by atoms with E-state index in [0.717, 1.165) is 0 Å². The van der Waals surface area contributed by atoms with Crippen LogP contribution in [0.25, 0.3) is 0 Å². The Bertz CT molecular complexity index is 210. The molecule has 0 spiro atoms. The topological polar surface area (TPSA) is 0 Å². The lowest BCUT2D eigenvalue weighted by atomic mass is 9.94. The van der Waals surface area contributed by atoms with Crippen molar-refractivity contribution in [3.63, 3.8) is 0 Å². The molecule has 0 unspecified atom stereocenters. The lowest BCUT2D eigenvalue weighted by molar-refractivity contribution is 0.514. The van der Waals surface area contributed by atoms with E-state index in [4.69, 9.17) is 0 Å². The molecule has 0 aromatic carbocycles. The summed E-state index contributed by atoms with van der Waals surface area (Å²) in [4.78, 5) is 0. The lowest BCUT2D eigenvalue weighted by Crippen LogP contribution is -1.99. The first-order valence-corrected chi connectivity index (χ1v) is 4.21. The molecular weight excluding hydrogens is 120 g/mol. The zero-order valence-electron chi connectivity index (χ0n) is 6.61. The van der Waals surface area contributed by atoms with E-state index in [9.17, 15) is 0 Å². The Morgan fingerprint density at radius 1 is 1.70 bits per heavy atom. The first kappa shape index (κ1) is 6.21. The van der Waals surface area contributed by atoms with Crippen LogP contribution >= 0.6 is 0 Å². The van der Waals surface area contributed by atoms with Crippen LogP contribution in [0.5, 0.6) is 0 Å². The summed E-state index contributed by atoms with van der Waals surface area (Å²) in [5.41, 5.74) is 3.90. The molecule has 0 N–H and O–H groups in total. The van der Waals surface area contributed by atoms with Gasteiger partial charge in [0.2, 0.25) is 0 Å². The molecule has 0 bridgehead atoms. The first-order valence-electron chi connectivity index (χ1n) is 4.21. The minimum absolute atomic E-state index is 0.585. The largest absolute Gasteiger partial charge is 0.0988 e. The van der Waals surface area contributed by atoms with E-state index in [1.165, 1.54) is 25.7 Å². The van der Waals surface area contributed by atoms with Gasteiger partial charge in [0.05, 0.1) is 0 Å². The molecule has 0 nitrogen and oxygen atoms in total. The molecule has 0 saturated heterocycles. The van der Waals surface area contributed by atoms with Crippen LogP contribution in [0.2, 0.25) is 0 Å². The van der Waals surface area contributed by atoms with Crippen molar-refractivity contribution in [2.75, 3.05) is 0 Å². The average Bonchev–Trinajstić information content (AvgIpc) is 2.38. The maximum absolute atomic E-state index is 3.84. The SMILES string of the molecule is C=CC1=C2CCC[C@]12CC. The van der Waals surface area contributed by atoms with Crippen LogP contribution < -0.4 is 0 Å². The smallest absolute Gasteiger partial charge is 0.0165 e. The van der Waals surface area contributed by atoms with Gasteiger partial charge in [0.25, 0.3) is 0 Å². The Hall–Kier alpha value is -0.520. The summed E-state index contributed by atoms with van der Waals surface area (Å²) in [5.74, 6) is 0. The number of hydrogen-bond donors (Lipinski definition) is 0. The van der Waals surface area contributed by atoms with E-state index in [1.807, 2.05) is 0 Å². The molecule has 54 valence electrons. The van der Waals surface area contributed by atoms with Gasteiger partial charge in [-0.3, -0.25) is 0 Å². The fourth-order valence-corrected chi connectivity index (χ4v) is 2.57. The summed E-state index contributed by atoms with van der Waals surface area (Å²) in [6.45, 7) is 6.13. The van der Waals surface area contributed by atoms with Crippen molar-refractivity contribution < 1.29 is 0 Å². The minimum atomic E-state index is 0.585. The lowest BCUT2D eigenvalue weighted by Gasteiger charge is -2.09. The summed E-state index contributed by atoms with van der Waals surface area (Å²) >= 11 is 0. The van der Waals surface area contributed by atoms with E-state index in [2.05, 4.69) is 19.6 Å². The van der Waals surface area contributed by atoms with Crippen molar-refractivity contribution in [1.29, 1.82) is 0 Å². The van der Waals surface area contributed by atoms with Crippen molar-refractivity contribution >= 4 is 0 Å². The van der Waals surface area contributed by atoms with Crippen molar-refractivity contribution in [1.82, 2.24) is 0 Å². The quantitative estimate of drug-likeness (QED) is 0.544. The van der Waals surface area contributed by atoms with Crippen LogP contribution in [-0.4, -0.2) is 0 Å². The van der Waals surface area contributed by atoms with Crippen LogP contribution in [0.3, 0.4) is 0 Å². The molecule has 0 aliphatic heterocycles. The molecule has 0 aromatic heterocycles. The second kappa shape index (κ2) is 1.75. The summed E-state index contributed by atoms with van der Waals surface area (Å²) < 4.78 is 0. The van der Waals surface area contributed by atoms with Gasteiger partial charge >= 0.3 is 0 Å². The van der Waals surface area contributed by atoms with Gasteiger partial charge in [0.15, 0.2) is 0 Å². The van der Waals surface area contributed by atoms with Crippen molar-refractivity contribution in [2.24, 2.45) is 5.41 Å². The highest BCUT2D eigenvalue weighted by Crippen LogP contribution is 2.65. The van der Waals surface area contributed by atoms with Crippen LogP contribution in [0.4, 0.5) is 0 Å². The predicted octanol–water partition coefficient (Wildman–Crippen LogP) is 3.06. The van der Waals surface area contributed by atoms with E-state index < -0.39 is 0 Å². The Kier molecular flexibility index (Phi) is 1.08. The Balaban J connectivity index is 2.25. The second-order valence-corrected chi connectivity index (χ2v) is 3.39. The van der Waals surface area contributed by atoms with Gasteiger partial charge in [-0.05, 0) is 31.3 Å². The summed E-state index contributed by atoms with van der Waals surface area (Å²) in [5, 5.41) is 0. The molecule has 0 heterocycles. The maximum atomic E-state index is 3.84.